The maximum atomic E-state index is 11.4. The highest BCUT2D eigenvalue weighted by Gasteiger charge is 2.51. The number of carbonyl (C=O) groups is 1. The van der Waals surface area contributed by atoms with Gasteiger partial charge in [0.1, 0.15) is 30.5 Å². The molecule has 25 heavy (non-hydrogen) atoms. The lowest BCUT2D eigenvalue weighted by Gasteiger charge is -2.42. The van der Waals surface area contributed by atoms with E-state index in [1.165, 1.54) is 13.0 Å². The summed E-state index contributed by atoms with van der Waals surface area (Å²) in [6, 6.07) is -2.32. The van der Waals surface area contributed by atoms with Crippen molar-refractivity contribution in [3.63, 3.8) is 0 Å². The molecule has 0 spiro atoms. The molecule has 2 aliphatic heterocycles. The lowest BCUT2D eigenvalue weighted by molar-refractivity contribution is -0.161. The number of carbonyl (C=O) groups excluding carboxylic acids is 1. The highest BCUT2D eigenvalue weighted by Crippen LogP contribution is 2.30. The van der Waals surface area contributed by atoms with Crippen molar-refractivity contribution in [2.75, 3.05) is 13.2 Å². The number of rotatable bonds is 4. The number of fused-ring (bicyclic) bond motifs is 2. The van der Waals surface area contributed by atoms with Gasteiger partial charge in [-0.15, -0.1) is 0 Å². The molecule has 7 N–H and O–H groups in total. The summed E-state index contributed by atoms with van der Waals surface area (Å²) in [5.41, 5.74) is 0.167. The van der Waals surface area contributed by atoms with Gasteiger partial charge in [0.05, 0.1) is 31.4 Å². The third-order valence-corrected chi connectivity index (χ3v) is 4.92. The van der Waals surface area contributed by atoms with Gasteiger partial charge in [-0.25, -0.2) is 0 Å². The maximum Gasteiger partial charge on any atom is 0.217 e. The highest BCUT2D eigenvalue weighted by molar-refractivity contribution is 5.73. The molecule has 3 rings (SSSR count). The monoisotopic (exact) mass is 360 g/mol. The van der Waals surface area contributed by atoms with Crippen molar-refractivity contribution in [2.45, 2.75) is 61.9 Å². The summed E-state index contributed by atoms with van der Waals surface area (Å²) in [4.78, 5) is 11.4. The first-order valence-electron chi connectivity index (χ1n) is 8.17. The van der Waals surface area contributed by atoms with Gasteiger partial charge in [-0.1, -0.05) is 6.08 Å². The second-order valence-corrected chi connectivity index (χ2v) is 6.64. The first kappa shape index (κ1) is 18.7. The van der Waals surface area contributed by atoms with Crippen LogP contribution in [0.25, 0.3) is 0 Å². The molecule has 2 bridgehead atoms. The van der Waals surface area contributed by atoms with Crippen LogP contribution in [0.3, 0.4) is 0 Å². The number of ether oxygens (including phenoxy) is 2. The van der Waals surface area contributed by atoms with E-state index in [0.29, 0.717) is 0 Å². The number of hydrogen-bond acceptors (Lipinski definition) is 9. The summed E-state index contributed by atoms with van der Waals surface area (Å²) in [7, 11) is 0. The minimum Gasteiger partial charge on any atom is -0.392 e. The second kappa shape index (κ2) is 7.25. The van der Waals surface area contributed by atoms with Gasteiger partial charge in [0, 0.05) is 6.92 Å². The van der Waals surface area contributed by atoms with Crippen LogP contribution in [0.5, 0.6) is 0 Å². The van der Waals surface area contributed by atoms with Crippen molar-refractivity contribution in [3.8, 4) is 0 Å². The Labute approximate surface area is 144 Å². The van der Waals surface area contributed by atoms with E-state index < -0.39 is 61.5 Å². The zero-order valence-corrected chi connectivity index (χ0v) is 13.6. The van der Waals surface area contributed by atoms with Crippen LogP contribution in [-0.4, -0.2) is 99.6 Å². The maximum absolute atomic E-state index is 11.4. The highest BCUT2D eigenvalue weighted by atomic mass is 16.7. The van der Waals surface area contributed by atoms with E-state index in [-0.39, 0.29) is 18.1 Å². The Morgan fingerprint density at radius 3 is 2.56 bits per heavy atom. The Hall–Kier alpha value is -1.11. The van der Waals surface area contributed by atoms with Crippen LogP contribution < -0.4 is 10.6 Å². The fraction of sp³-hybridized carbons (Fsp3) is 0.800. The number of hydrogen-bond donors (Lipinski definition) is 7. The number of aliphatic hydroxyl groups excluding tert-OH is 5. The van der Waals surface area contributed by atoms with Gasteiger partial charge in [0.15, 0.2) is 6.29 Å². The van der Waals surface area contributed by atoms with Crippen molar-refractivity contribution in [1.29, 1.82) is 0 Å². The van der Waals surface area contributed by atoms with E-state index in [9.17, 15) is 30.3 Å². The standard InChI is InChI=1S/C15H24N2O8/c1-5(19)16-10-13(22)9(8-4-24-15(10)25-8)17-7-2-6(3-18)11(20)14(23)12(7)21/h2,7-15,17-18,20-23H,3-4H2,1H3,(H,16,19). The van der Waals surface area contributed by atoms with Crippen molar-refractivity contribution >= 4 is 5.91 Å². The van der Waals surface area contributed by atoms with Crippen molar-refractivity contribution < 1.29 is 39.8 Å². The average molecular weight is 360 g/mol. The molecule has 9 atom stereocenters. The average Bonchev–Trinajstić information content (AvgIpc) is 3.01. The Morgan fingerprint density at radius 1 is 1.20 bits per heavy atom. The van der Waals surface area contributed by atoms with E-state index in [1.807, 2.05) is 0 Å². The molecular formula is C15H24N2O8. The van der Waals surface area contributed by atoms with E-state index in [1.54, 1.807) is 0 Å². The third kappa shape index (κ3) is 3.44. The lowest BCUT2D eigenvalue weighted by atomic mass is 9.86. The smallest absolute Gasteiger partial charge is 0.217 e. The fourth-order valence-corrected chi connectivity index (χ4v) is 3.58. The van der Waals surface area contributed by atoms with Gasteiger partial charge < -0.3 is 45.6 Å². The van der Waals surface area contributed by atoms with Crippen LogP contribution in [0.2, 0.25) is 0 Å². The molecule has 142 valence electrons. The Bertz CT molecular complexity index is 544. The molecule has 3 aliphatic rings. The van der Waals surface area contributed by atoms with Gasteiger partial charge in [-0.2, -0.15) is 0 Å². The minimum atomic E-state index is -1.48. The van der Waals surface area contributed by atoms with E-state index in [0.717, 1.165) is 0 Å². The quantitative estimate of drug-likeness (QED) is 0.247. The molecule has 9 unspecified atom stereocenters. The summed E-state index contributed by atoms with van der Waals surface area (Å²) in [5, 5.41) is 55.5. The van der Waals surface area contributed by atoms with Crippen LogP contribution in [-0.2, 0) is 14.3 Å². The molecule has 2 heterocycles. The SMILES string of the molecule is CC(=O)NC1C2OCC(O2)C(NC2C=C(CO)C(O)C(O)C2O)C1O. The number of aliphatic hydroxyl groups is 5. The largest absolute Gasteiger partial charge is 0.392 e. The van der Waals surface area contributed by atoms with Gasteiger partial charge >= 0.3 is 0 Å². The summed E-state index contributed by atoms with van der Waals surface area (Å²) >= 11 is 0. The summed E-state index contributed by atoms with van der Waals surface area (Å²) in [5.74, 6) is -0.348. The summed E-state index contributed by atoms with van der Waals surface area (Å²) in [6.07, 6.45) is -5.10. The molecular weight excluding hydrogens is 336 g/mol. The fourth-order valence-electron chi connectivity index (χ4n) is 3.58. The van der Waals surface area contributed by atoms with E-state index in [2.05, 4.69) is 10.6 Å². The summed E-state index contributed by atoms with van der Waals surface area (Å²) < 4.78 is 11.1. The van der Waals surface area contributed by atoms with Crippen molar-refractivity contribution in [2.24, 2.45) is 0 Å². The predicted octanol–water partition coefficient (Wildman–Crippen LogP) is -4.05. The molecule has 0 aromatic heterocycles. The molecule has 0 saturated carbocycles. The Kier molecular flexibility index (Phi) is 5.42. The zero-order chi connectivity index (χ0) is 18.3. The third-order valence-electron chi connectivity index (χ3n) is 4.92. The molecule has 10 heteroatoms. The van der Waals surface area contributed by atoms with Gasteiger partial charge in [0.25, 0.3) is 0 Å². The number of amides is 1. The Morgan fingerprint density at radius 2 is 1.92 bits per heavy atom. The van der Waals surface area contributed by atoms with E-state index >= 15 is 0 Å². The van der Waals surface area contributed by atoms with E-state index in [4.69, 9.17) is 9.47 Å². The van der Waals surface area contributed by atoms with Crippen molar-refractivity contribution in [1.82, 2.24) is 10.6 Å². The minimum absolute atomic E-state index is 0.167. The first-order valence-corrected chi connectivity index (χ1v) is 8.17. The zero-order valence-electron chi connectivity index (χ0n) is 13.6. The van der Waals surface area contributed by atoms with Crippen LogP contribution in [0.15, 0.2) is 11.6 Å². The molecule has 0 radical (unpaired) electrons. The second-order valence-electron chi connectivity index (χ2n) is 6.64. The van der Waals surface area contributed by atoms with Gasteiger partial charge in [0.2, 0.25) is 5.91 Å². The molecule has 2 fully saturated rings. The van der Waals surface area contributed by atoms with Gasteiger partial charge in [-0.3, -0.25) is 4.79 Å². The molecule has 1 amide bonds. The summed E-state index contributed by atoms with van der Waals surface area (Å²) in [6.45, 7) is 1.03. The normalized spacial score (nSPS) is 46.6. The Balaban J connectivity index is 1.78. The van der Waals surface area contributed by atoms with Crippen LogP contribution in [0, 0.1) is 0 Å². The number of nitrogens with one attached hydrogen (secondary N) is 2. The van der Waals surface area contributed by atoms with Gasteiger partial charge in [-0.05, 0) is 5.57 Å². The van der Waals surface area contributed by atoms with Crippen LogP contribution >= 0.6 is 0 Å². The molecule has 2 saturated heterocycles. The topological polar surface area (TPSA) is 161 Å². The molecule has 1 aliphatic carbocycles. The van der Waals surface area contributed by atoms with Crippen LogP contribution in [0.4, 0.5) is 0 Å². The molecule has 10 nitrogen and oxygen atoms in total. The van der Waals surface area contributed by atoms with Crippen LogP contribution in [0.1, 0.15) is 6.92 Å². The predicted molar refractivity (Wildman–Crippen MR) is 82.1 cm³/mol. The first-order chi connectivity index (χ1) is 11.8. The molecule has 0 aromatic carbocycles. The van der Waals surface area contributed by atoms with Crippen molar-refractivity contribution in [3.05, 3.63) is 11.6 Å². The molecule has 0 aromatic rings. The lowest BCUT2D eigenvalue weighted by Crippen LogP contribution is -2.67.